The second kappa shape index (κ2) is 5.22. The second-order valence-electron chi connectivity index (χ2n) is 3.79. The summed E-state index contributed by atoms with van der Waals surface area (Å²) in [6, 6.07) is 1.31. The van der Waals surface area contributed by atoms with E-state index in [0.29, 0.717) is 5.82 Å². The number of thioether (sulfide) groups is 1. The van der Waals surface area contributed by atoms with Crippen LogP contribution in [-0.4, -0.2) is 45.1 Å². The van der Waals surface area contributed by atoms with E-state index in [0.717, 1.165) is 18.1 Å². The van der Waals surface area contributed by atoms with Gasteiger partial charge in [-0.05, 0) is 0 Å². The molecule has 1 aromatic heterocycles. The number of aromatic nitrogens is 2. The largest absolute Gasteiger partial charge is 0.481 e. The monoisotopic (exact) mass is 255 g/mol. The van der Waals surface area contributed by atoms with Gasteiger partial charge in [-0.3, -0.25) is 9.59 Å². The lowest BCUT2D eigenvalue weighted by Gasteiger charge is -2.35. The quantitative estimate of drug-likeness (QED) is 0.800. The molecule has 1 aliphatic rings. The maximum atomic E-state index is 11.2. The molecule has 17 heavy (non-hydrogen) atoms. The Kier molecular flexibility index (Phi) is 3.68. The minimum absolute atomic E-state index is 0.0709. The van der Waals surface area contributed by atoms with Gasteiger partial charge >= 0.3 is 5.97 Å². The third kappa shape index (κ3) is 3.00. The average Bonchev–Trinajstić information content (AvgIpc) is 2.29. The maximum Gasteiger partial charge on any atom is 0.305 e. The van der Waals surface area contributed by atoms with Crippen molar-refractivity contribution >= 4 is 23.5 Å². The Balaban J connectivity index is 2.21. The minimum Gasteiger partial charge on any atom is -0.481 e. The van der Waals surface area contributed by atoms with Crippen LogP contribution in [0, 0.1) is 0 Å². The molecule has 1 unspecified atom stereocenters. The molecule has 1 saturated heterocycles. The fourth-order valence-corrected chi connectivity index (χ4v) is 2.90. The van der Waals surface area contributed by atoms with Crippen molar-refractivity contribution in [1.82, 2.24) is 9.97 Å². The van der Waals surface area contributed by atoms with Gasteiger partial charge in [-0.2, -0.15) is 11.8 Å². The van der Waals surface area contributed by atoms with Crippen molar-refractivity contribution in [2.75, 3.05) is 23.0 Å². The number of hydrogen-bond donors (Lipinski definition) is 2. The molecular formula is C10H13N3O3S. The average molecular weight is 255 g/mol. The number of nitrogens with one attached hydrogen (secondary N) is 1. The smallest absolute Gasteiger partial charge is 0.305 e. The van der Waals surface area contributed by atoms with Crippen molar-refractivity contribution < 1.29 is 9.90 Å². The number of aliphatic carboxylic acids is 1. The van der Waals surface area contributed by atoms with Crippen LogP contribution in [0.15, 0.2) is 17.2 Å². The summed E-state index contributed by atoms with van der Waals surface area (Å²) in [5, 5.41) is 8.86. The van der Waals surface area contributed by atoms with Crippen molar-refractivity contribution in [3.05, 3.63) is 22.7 Å². The number of rotatable bonds is 3. The Hall–Kier alpha value is -1.50. The third-order valence-corrected chi connectivity index (χ3v) is 3.69. The van der Waals surface area contributed by atoms with E-state index in [1.54, 1.807) is 11.8 Å². The molecule has 2 rings (SSSR count). The van der Waals surface area contributed by atoms with Gasteiger partial charge in [0.25, 0.3) is 5.56 Å². The van der Waals surface area contributed by atoms with Gasteiger partial charge in [0.15, 0.2) is 0 Å². The molecule has 1 atom stereocenters. The number of carboxylic acid groups (broad SMARTS) is 1. The van der Waals surface area contributed by atoms with Gasteiger partial charge in [-0.1, -0.05) is 0 Å². The summed E-state index contributed by atoms with van der Waals surface area (Å²) in [5.41, 5.74) is -0.220. The Labute approximate surface area is 102 Å². The van der Waals surface area contributed by atoms with Crippen LogP contribution in [0.1, 0.15) is 6.42 Å². The van der Waals surface area contributed by atoms with E-state index in [2.05, 4.69) is 9.97 Å². The SMILES string of the molecule is O=C(O)CC1CSCCN1c1cc(=O)[nH]cn1. The summed E-state index contributed by atoms with van der Waals surface area (Å²) >= 11 is 1.73. The van der Waals surface area contributed by atoms with Crippen molar-refractivity contribution in [1.29, 1.82) is 0 Å². The Morgan fingerprint density at radius 2 is 2.53 bits per heavy atom. The second-order valence-corrected chi connectivity index (χ2v) is 4.94. The number of nitrogens with zero attached hydrogens (tertiary/aromatic N) is 2. The molecule has 0 aromatic carbocycles. The Morgan fingerprint density at radius 3 is 3.24 bits per heavy atom. The van der Waals surface area contributed by atoms with E-state index >= 15 is 0 Å². The van der Waals surface area contributed by atoms with Crippen molar-refractivity contribution in [2.24, 2.45) is 0 Å². The molecule has 7 heteroatoms. The molecule has 0 aliphatic carbocycles. The fourth-order valence-electron chi connectivity index (χ4n) is 1.84. The molecule has 6 nitrogen and oxygen atoms in total. The highest BCUT2D eigenvalue weighted by Crippen LogP contribution is 2.23. The van der Waals surface area contributed by atoms with Gasteiger partial charge in [-0.25, -0.2) is 4.98 Å². The van der Waals surface area contributed by atoms with Crippen LogP contribution in [0.4, 0.5) is 5.82 Å². The summed E-state index contributed by atoms with van der Waals surface area (Å²) < 4.78 is 0. The maximum absolute atomic E-state index is 11.2. The van der Waals surface area contributed by atoms with E-state index in [9.17, 15) is 9.59 Å². The van der Waals surface area contributed by atoms with E-state index in [-0.39, 0.29) is 18.0 Å². The zero-order chi connectivity index (χ0) is 12.3. The van der Waals surface area contributed by atoms with Crippen molar-refractivity contribution in [3.8, 4) is 0 Å². The highest BCUT2D eigenvalue weighted by molar-refractivity contribution is 7.99. The molecule has 92 valence electrons. The molecule has 0 spiro atoms. The lowest BCUT2D eigenvalue weighted by atomic mass is 10.2. The first-order valence-electron chi connectivity index (χ1n) is 5.28. The molecule has 0 radical (unpaired) electrons. The topological polar surface area (TPSA) is 86.3 Å². The predicted octanol–water partition coefficient (Wildman–Crippen LogP) is 0.166. The van der Waals surface area contributed by atoms with Crippen LogP contribution in [0.3, 0.4) is 0 Å². The molecule has 1 fully saturated rings. The number of aromatic amines is 1. The summed E-state index contributed by atoms with van der Waals surface area (Å²) in [4.78, 5) is 30.4. The first-order chi connectivity index (χ1) is 8.16. The van der Waals surface area contributed by atoms with Gasteiger partial charge in [0, 0.05) is 30.2 Å². The van der Waals surface area contributed by atoms with Crippen LogP contribution in [0.2, 0.25) is 0 Å². The van der Waals surface area contributed by atoms with Gasteiger partial charge in [-0.15, -0.1) is 0 Å². The molecule has 0 saturated carbocycles. The molecule has 2 heterocycles. The molecule has 0 bridgehead atoms. The molecule has 1 aromatic rings. The molecule has 1 aliphatic heterocycles. The van der Waals surface area contributed by atoms with E-state index in [1.165, 1.54) is 12.4 Å². The number of H-pyrrole nitrogens is 1. The molecule has 2 N–H and O–H groups in total. The standard InChI is InChI=1S/C10H13N3O3S/c14-9-4-8(11-6-12-9)13-1-2-17-5-7(13)3-10(15)16/h4,6-7H,1-3,5H2,(H,15,16)(H,11,12,14). The van der Waals surface area contributed by atoms with E-state index < -0.39 is 5.97 Å². The lowest BCUT2D eigenvalue weighted by Crippen LogP contribution is -2.44. The Bertz CT molecular complexity index is 462. The van der Waals surface area contributed by atoms with Gasteiger partial charge in [0.2, 0.25) is 0 Å². The first kappa shape index (κ1) is 12.0. The normalized spacial score (nSPS) is 20.2. The van der Waals surface area contributed by atoms with Gasteiger partial charge < -0.3 is 15.0 Å². The predicted molar refractivity (Wildman–Crippen MR) is 65.6 cm³/mol. The van der Waals surface area contributed by atoms with Crippen molar-refractivity contribution in [2.45, 2.75) is 12.5 Å². The number of anilines is 1. The van der Waals surface area contributed by atoms with E-state index in [1.807, 2.05) is 4.90 Å². The summed E-state index contributed by atoms with van der Waals surface area (Å²) in [7, 11) is 0. The Morgan fingerprint density at radius 1 is 1.71 bits per heavy atom. The van der Waals surface area contributed by atoms with Crippen LogP contribution < -0.4 is 10.5 Å². The van der Waals surface area contributed by atoms with E-state index in [4.69, 9.17) is 5.11 Å². The van der Waals surface area contributed by atoms with Crippen molar-refractivity contribution in [3.63, 3.8) is 0 Å². The summed E-state index contributed by atoms with van der Waals surface area (Å²) in [5.74, 6) is 1.40. The zero-order valence-electron chi connectivity index (χ0n) is 9.13. The lowest BCUT2D eigenvalue weighted by molar-refractivity contribution is -0.137. The number of carboxylic acids is 1. The minimum atomic E-state index is -0.827. The number of carbonyl (C=O) groups is 1. The summed E-state index contributed by atoms with van der Waals surface area (Å²) in [6.07, 6.45) is 1.42. The highest BCUT2D eigenvalue weighted by atomic mass is 32.2. The zero-order valence-corrected chi connectivity index (χ0v) is 9.94. The number of hydrogen-bond acceptors (Lipinski definition) is 5. The summed E-state index contributed by atoms with van der Waals surface area (Å²) in [6.45, 7) is 0.721. The van der Waals surface area contributed by atoms with Crippen LogP contribution in [-0.2, 0) is 4.79 Å². The molecular weight excluding hydrogens is 242 g/mol. The molecule has 0 amide bonds. The third-order valence-electron chi connectivity index (χ3n) is 2.60. The van der Waals surface area contributed by atoms with Gasteiger partial charge in [0.1, 0.15) is 5.82 Å². The first-order valence-corrected chi connectivity index (χ1v) is 6.43. The van der Waals surface area contributed by atoms with Crippen LogP contribution >= 0.6 is 11.8 Å². The van der Waals surface area contributed by atoms with Crippen LogP contribution in [0.25, 0.3) is 0 Å². The fraction of sp³-hybridized carbons (Fsp3) is 0.500. The van der Waals surface area contributed by atoms with Crippen LogP contribution in [0.5, 0.6) is 0 Å². The van der Waals surface area contributed by atoms with Gasteiger partial charge in [0.05, 0.1) is 12.7 Å². The highest BCUT2D eigenvalue weighted by Gasteiger charge is 2.26.